The van der Waals surface area contributed by atoms with Crippen molar-refractivity contribution in [3.63, 3.8) is 0 Å². The molecule has 4 rings (SSSR count). The minimum absolute atomic E-state index is 0.738. The highest BCUT2D eigenvalue weighted by atomic mass is 15.3. The van der Waals surface area contributed by atoms with Crippen molar-refractivity contribution < 1.29 is 0 Å². The molecule has 4 heterocycles. The smallest absolute Gasteiger partial charge is 0.0264 e. The Morgan fingerprint density at radius 2 is 1.55 bits per heavy atom. The lowest BCUT2D eigenvalue weighted by molar-refractivity contribution is 0.203. The van der Waals surface area contributed by atoms with Gasteiger partial charge in [0.15, 0.2) is 0 Å². The third kappa shape index (κ3) is 3.50. The number of likely N-dealkylation sites (tertiary alicyclic amines) is 2. The van der Waals surface area contributed by atoms with Crippen LogP contribution >= 0.6 is 0 Å². The molecular formula is C18H36N4. The monoisotopic (exact) mass is 308 g/mol. The third-order valence-electron chi connectivity index (χ3n) is 6.22. The highest BCUT2D eigenvalue weighted by molar-refractivity contribution is 4.97. The van der Waals surface area contributed by atoms with E-state index in [4.69, 9.17) is 0 Å². The van der Waals surface area contributed by atoms with E-state index in [1.165, 1.54) is 52.0 Å². The van der Waals surface area contributed by atoms with E-state index in [1.54, 1.807) is 0 Å². The van der Waals surface area contributed by atoms with Gasteiger partial charge in [0.25, 0.3) is 0 Å². The minimum Gasteiger partial charge on any atom is -0.312 e. The topological polar surface area (TPSA) is 30.5 Å². The number of nitrogens with zero attached hydrogens (tertiary/aromatic N) is 2. The zero-order chi connectivity index (χ0) is 15.7. The molecule has 0 aromatic rings. The Hall–Kier alpha value is -0.160. The van der Waals surface area contributed by atoms with Gasteiger partial charge in [0.1, 0.15) is 0 Å². The molecule has 0 saturated carbocycles. The molecule has 0 bridgehead atoms. The van der Waals surface area contributed by atoms with Gasteiger partial charge in [-0.25, -0.2) is 0 Å². The molecule has 0 amide bonds. The van der Waals surface area contributed by atoms with Crippen molar-refractivity contribution in [3.8, 4) is 0 Å². The summed E-state index contributed by atoms with van der Waals surface area (Å²) in [6, 6.07) is 3.97. The van der Waals surface area contributed by atoms with E-state index in [0.29, 0.717) is 0 Å². The average Bonchev–Trinajstić information content (AvgIpc) is 3.18. The van der Waals surface area contributed by atoms with Gasteiger partial charge in [0.2, 0.25) is 0 Å². The summed E-state index contributed by atoms with van der Waals surface area (Å²) >= 11 is 0. The molecule has 4 fully saturated rings. The molecule has 128 valence electrons. The summed E-state index contributed by atoms with van der Waals surface area (Å²) in [6.07, 6.45) is 4.12. The van der Waals surface area contributed by atoms with Gasteiger partial charge in [0.05, 0.1) is 0 Å². The summed E-state index contributed by atoms with van der Waals surface area (Å²) in [5.41, 5.74) is 0. The van der Waals surface area contributed by atoms with Crippen molar-refractivity contribution in [1.29, 1.82) is 0 Å². The molecule has 0 aromatic carbocycles. The molecule has 0 aromatic heterocycles. The van der Waals surface area contributed by atoms with Crippen LogP contribution in [-0.2, 0) is 0 Å². The largest absolute Gasteiger partial charge is 0.312 e. The Kier molecular flexibility index (Phi) is 5.43. The van der Waals surface area contributed by atoms with Crippen molar-refractivity contribution in [3.05, 3.63) is 0 Å². The molecule has 0 aliphatic carbocycles. The molecule has 4 aliphatic rings. The van der Waals surface area contributed by atoms with Crippen LogP contribution in [0.5, 0.6) is 0 Å². The molecule has 4 aliphatic heterocycles. The molecule has 4 atom stereocenters. The predicted octanol–water partition coefficient (Wildman–Crippen LogP) is 1.52. The Balaban J connectivity index is 0.000000131. The van der Waals surface area contributed by atoms with Gasteiger partial charge in [0, 0.05) is 49.8 Å². The molecule has 2 N–H and O–H groups in total. The van der Waals surface area contributed by atoms with E-state index < -0.39 is 0 Å². The second-order valence-electron chi connectivity index (χ2n) is 8.19. The fraction of sp³-hybridized carbons (Fsp3) is 1.00. The van der Waals surface area contributed by atoms with Crippen LogP contribution in [-0.4, -0.2) is 72.7 Å². The fourth-order valence-electron chi connectivity index (χ4n) is 4.84. The van der Waals surface area contributed by atoms with E-state index in [2.05, 4.69) is 48.1 Å². The number of nitrogens with one attached hydrogen (secondary N) is 2. The van der Waals surface area contributed by atoms with Gasteiger partial charge >= 0.3 is 0 Å². The van der Waals surface area contributed by atoms with Crippen molar-refractivity contribution >= 4 is 0 Å². The van der Waals surface area contributed by atoms with Crippen LogP contribution in [0.25, 0.3) is 0 Å². The number of fused-ring (bicyclic) bond motifs is 2. The summed E-state index contributed by atoms with van der Waals surface area (Å²) in [5.74, 6) is 0.956. The summed E-state index contributed by atoms with van der Waals surface area (Å²) in [7, 11) is 0. The van der Waals surface area contributed by atoms with E-state index in [-0.39, 0.29) is 0 Å². The van der Waals surface area contributed by atoms with Crippen molar-refractivity contribution in [2.45, 2.75) is 77.2 Å². The van der Waals surface area contributed by atoms with Crippen LogP contribution in [0.1, 0.15) is 47.0 Å². The Bertz CT molecular complexity index is 345. The van der Waals surface area contributed by atoms with E-state index in [9.17, 15) is 0 Å². The second kappa shape index (κ2) is 7.16. The van der Waals surface area contributed by atoms with E-state index in [0.717, 1.165) is 36.1 Å². The van der Waals surface area contributed by atoms with Crippen LogP contribution in [0.2, 0.25) is 0 Å². The Labute approximate surface area is 137 Å². The standard InChI is InChI=1S/2C9H18N2/c1-7(2)11-6-4-8-9(11)3-5-10-8;1-7(2)11-5-8-3-4-10-9(8)6-11/h2*7-10H,3-6H2,1-2H3. The minimum atomic E-state index is 0.738. The summed E-state index contributed by atoms with van der Waals surface area (Å²) in [4.78, 5) is 5.23. The average molecular weight is 309 g/mol. The van der Waals surface area contributed by atoms with Gasteiger partial charge in [-0.3, -0.25) is 9.80 Å². The SMILES string of the molecule is CC(C)N1CC2CCNC2C1.CC(C)N1CCC2NCCC21. The Morgan fingerprint density at radius 3 is 2.23 bits per heavy atom. The highest BCUT2D eigenvalue weighted by Crippen LogP contribution is 2.26. The first-order valence-electron chi connectivity index (χ1n) is 9.53. The van der Waals surface area contributed by atoms with Crippen LogP contribution in [0, 0.1) is 5.92 Å². The summed E-state index contributed by atoms with van der Waals surface area (Å²) in [6.45, 7) is 15.6. The van der Waals surface area contributed by atoms with Crippen molar-refractivity contribution in [2.75, 3.05) is 32.7 Å². The normalized spacial score (nSPS) is 38.5. The van der Waals surface area contributed by atoms with Crippen LogP contribution in [0.3, 0.4) is 0 Å². The Morgan fingerprint density at radius 1 is 0.818 bits per heavy atom. The van der Waals surface area contributed by atoms with Crippen molar-refractivity contribution in [2.24, 2.45) is 5.92 Å². The van der Waals surface area contributed by atoms with Crippen LogP contribution in [0.4, 0.5) is 0 Å². The molecule has 4 saturated heterocycles. The molecule has 4 nitrogen and oxygen atoms in total. The summed E-state index contributed by atoms with van der Waals surface area (Å²) in [5, 5.41) is 7.12. The summed E-state index contributed by atoms with van der Waals surface area (Å²) < 4.78 is 0. The lowest BCUT2D eigenvalue weighted by Gasteiger charge is -2.26. The first-order valence-corrected chi connectivity index (χ1v) is 9.53. The molecule has 4 heteroatoms. The van der Waals surface area contributed by atoms with E-state index >= 15 is 0 Å². The number of rotatable bonds is 2. The maximum absolute atomic E-state index is 3.56. The molecule has 0 spiro atoms. The first kappa shape index (κ1) is 16.7. The van der Waals surface area contributed by atoms with Gasteiger partial charge in [-0.15, -0.1) is 0 Å². The highest BCUT2D eigenvalue weighted by Gasteiger charge is 2.38. The third-order valence-corrected chi connectivity index (χ3v) is 6.22. The number of hydrogen-bond acceptors (Lipinski definition) is 4. The van der Waals surface area contributed by atoms with Gasteiger partial charge < -0.3 is 10.6 Å². The zero-order valence-corrected chi connectivity index (χ0v) is 15.0. The van der Waals surface area contributed by atoms with Gasteiger partial charge in [-0.2, -0.15) is 0 Å². The molecule has 0 radical (unpaired) electrons. The molecular weight excluding hydrogens is 272 g/mol. The molecule has 22 heavy (non-hydrogen) atoms. The maximum atomic E-state index is 3.56. The second-order valence-corrected chi connectivity index (χ2v) is 8.19. The van der Waals surface area contributed by atoms with Crippen LogP contribution < -0.4 is 10.6 Å². The lowest BCUT2D eigenvalue weighted by atomic mass is 10.1. The van der Waals surface area contributed by atoms with E-state index in [1.807, 2.05) is 0 Å². The maximum Gasteiger partial charge on any atom is 0.0264 e. The van der Waals surface area contributed by atoms with Gasteiger partial charge in [-0.1, -0.05) is 0 Å². The van der Waals surface area contributed by atoms with Crippen LogP contribution in [0.15, 0.2) is 0 Å². The lowest BCUT2D eigenvalue weighted by Crippen LogP contribution is -2.38. The first-order chi connectivity index (χ1) is 10.6. The zero-order valence-electron chi connectivity index (χ0n) is 15.0. The van der Waals surface area contributed by atoms with Crippen molar-refractivity contribution in [1.82, 2.24) is 20.4 Å². The predicted molar refractivity (Wildman–Crippen MR) is 93.3 cm³/mol. The molecule has 4 unspecified atom stereocenters. The quantitative estimate of drug-likeness (QED) is 0.810. The fourth-order valence-corrected chi connectivity index (χ4v) is 4.84. The van der Waals surface area contributed by atoms with Gasteiger partial charge in [-0.05, 0) is 66.0 Å². The number of hydrogen-bond donors (Lipinski definition) is 2.